The molecule has 0 heterocycles. The summed E-state index contributed by atoms with van der Waals surface area (Å²) in [5, 5.41) is 30.2. The standard InChI is InChI=1S/C10H11BrFNO4/c11-4-3-9(14)10(15)6-1-2-7(12)8(5-6)13(16)17/h1-2,5,9-10,14-15H,3-4H2. The predicted molar refractivity (Wildman–Crippen MR) is 62.4 cm³/mol. The molecule has 0 aliphatic heterocycles. The van der Waals surface area contributed by atoms with E-state index in [2.05, 4.69) is 15.9 Å². The lowest BCUT2D eigenvalue weighted by Crippen LogP contribution is -2.18. The van der Waals surface area contributed by atoms with Crippen LogP contribution < -0.4 is 0 Å². The Balaban J connectivity index is 2.99. The number of nitro benzene ring substituents is 1. The van der Waals surface area contributed by atoms with Crippen molar-refractivity contribution in [1.82, 2.24) is 0 Å². The van der Waals surface area contributed by atoms with Gasteiger partial charge in [-0.2, -0.15) is 4.39 Å². The van der Waals surface area contributed by atoms with Crippen molar-refractivity contribution < 1.29 is 19.5 Å². The molecule has 1 rings (SSSR count). The maximum Gasteiger partial charge on any atom is 0.305 e. The Bertz CT molecular complexity index is 415. The van der Waals surface area contributed by atoms with Crippen LogP contribution in [-0.4, -0.2) is 26.6 Å². The van der Waals surface area contributed by atoms with Crippen molar-refractivity contribution in [2.75, 3.05) is 5.33 Å². The summed E-state index contributed by atoms with van der Waals surface area (Å²) >= 11 is 3.10. The minimum absolute atomic E-state index is 0.117. The summed E-state index contributed by atoms with van der Waals surface area (Å²) < 4.78 is 13.0. The molecule has 17 heavy (non-hydrogen) atoms. The Morgan fingerprint density at radius 1 is 1.47 bits per heavy atom. The summed E-state index contributed by atoms with van der Waals surface area (Å²) in [7, 11) is 0. The van der Waals surface area contributed by atoms with Gasteiger partial charge in [0.25, 0.3) is 0 Å². The monoisotopic (exact) mass is 307 g/mol. The number of hydrogen-bond donors (Lipinski definition) is 2. The smallest absolute Gasteiger partial charge is 0.305 e. The molecule has 2 atom stereocenters. The van der Waals surface area contributed by atoms with Gasteiger partial charge in [-0.25, -0.2) is 0 Å². The SMILES string of the molecule is O=[N+]([O-])c1cc(C(O)C(O)CCBr)ccc1F. The van der Waals surface area contributed by atoms with Gasteiger partial charge in [0.2, 0.25) is 5.82 Å². The minimum Gasteiger partial charge on any atom is -0.390 e. The molecule has 94 valence electrons. The van der Waals surface area contributed by atoms with Crippen molar-refractivity contribution in [3.63, 3.8) is 0 Å². The third kappa shape index (κ3) is 3.45. The highest BCUT2D eigenvalue weighted by molar-refractivity contribution is 9.09. The van der Waals surface area contributed by atoms with Gasteiger partial charge in [0.15, 0.2) is 0 Å². The molecule has 1 aromatic rings. The van der Waals surface area contributed by atoms with Gasteiger partial charge >= 0.3 is 5.69 Å². The second-order valence-electron chi connectivity index (χ2n) is 3.46. The highest BCUT2D eigenvalue weighted by atomic mass is 79.9. The van der Waals surface area contributed by atoms with E-state index in [4.69, 9.17) is 0 Å². The van der Waals surface area contributed by atoms with Crippen molar-refractivity contribution in [2.24, 2.45) is 0 Å². The molecule has 0 aliphatic carbocycles. The summed E-state index contributed by atoms with van der Waals surface area (Å²) in [6.07, 6.45) is -2.04. The summed E-state index contributed by atoms with van der Waals surface area (Å²) in [5.41, 5.74) is -0.598. The molecule has 0 radical (unpaired) electrons. The van der Waals surface area contributed by atoms with Crippen molar-refractivity contribution >= 4 is 21.6 Å². The molecular formula is C10H11BrFNO4. The first-order valence-electron chi connectivity index (χ1n) is 4.83. The Morgan fingerprint density at radius 2 is 2.12 bits per heavy atom. The van der Waals surface area contributed by atoms with Crippen LogP contribution in [0, 0.1) is 15.9 Å². The zero-order chi connectivity index (χ0) is 13.0. The predicted octanol–water partition coefficient (Wildman–Crippen LogP) is 1.91. The van der Waals surface area contributed by atoms with Crippen molar-refractivity contribution in [2.45, 2.75) is 18.6 Å². The van der Waals surface area contributed by atoms with Gasteiger partial charge in [-0.3, -0.25) is 10.1 Å². The second-order valence-corrected chi connectivity index (χ2v) is 4.25. The fourth-order valence-electron chi connectivity index (χ4n) is 1.35. The van der Waals surface area contributed by atoms with Gasteiger partial charge in [-0.1, -0.05) is 22.0 Å². The van der Waals surface area contributed by atoms with E-state index >= 15 is 0 Å². The van der Waals surface area contributed by atoms with E-state index < -0.39 is 28.6 Å². The number of aliphatic hydroxyl groups is 2. The maximum atomic E-state index is 13.0. The molecule has 0 saturated heterocycles. The summed E-state index contributed by atoms with van der Waals surface area (Å²) in [5.74, 6) is -0.971. The van der Waals surface area contributed by atoms with E-state index in [0.29, 0.717) is 5.33 Å². The van der Waals surface area contributed by atoms with E-state index in [1.807, 2.05) is 0 Å². The Morgan fingerprint density at radius 3 is 2.65 bits per heavy atom. The lowest BCUT2D eigenvalue weighted by molar-refractivity contribution is -0.387. The van der Waals surface area contributed by atoms with Gasteiger partial charge in [-0.05, 0) is 18.1 Å². The zero-order valence-electron chi connectivity index (χ0n) is 8.72. The maximum absolute atomic E-state index is 13.0. The van der Waals surface area contributed by atoms with Crippen LogP contribution in [0.25, 0.3) is 0 Å². The first kappa shape index (κ1) is 14.0. The van der Waals surface area contributed by atoms with Crippen LogP contribution >= 0.6 is 15.9 Å². The molecule has 0 amide bonds. The molecule has 0 aromatic heterocycles. The van der Waals surface area contributed by atoms with Crippen LogP contribution in [0.3, 0.4) is 0 Å². The first-order chi connectivity index (χ1) is 7.97. The Kier molecular flexibility index (Phi) is 4.98. The lowest BCUT2D eigenvalue weighted by atomic mass is 10.0. The molecule has 2 unspecified atom stereocenters. The van der Waals surface area contributed by atoms with Gasteiger partial charge in [0.05, 0.1) is 11.0 Å². The molecule has 2 N–H and O–H groups in total. The normalized spacial score (nSPS) is 14.4. The van der Waals surface area contributed by atoms with Gasteiger partial charge in [0.1, 0.15) is 6.10 Å². The first-order valence-corrected chi connectivity index (χ1v) is 5.95. The topological polar surface area (TPSA) is 83.6 Å². The molecule has 5 nitrogen and oxygen atoms in total. The Hall–Kier alpha value is -1.05. The molecular weight excluding hydrogens is 297 g/mol. The minimum atomic E-state index is -1.27. The van der Waals surface area contributed by atoms with E-state index in [-0.39, 0.29) is 12.0 Å². The van der Waals surface area contributed by atoms with Crippen molar-refractivity contribution in [3.05, 3.63) is 39.7 Å². The van der Waals surface area contributed by atoms with Crippen LogP contribution in [-0.2, 0) is 0 Å². The fraction of sp³-hybridized carbons (Fsp3) is 0.400. The fourth-order valence-corrected chi connectivity index (χ4v) is 1.81. The molecule has 0 saturated carbocycles. The number of nitrogens with zero attached hydrogens (tertiary/aromatic N) is 1. The Labute approximate surface area is 105 Å². The highest BCUT2D eigenvalue weighted by Crippen LogP contribution is 2.25. The number of hydrogen-bond acceptors (Lipinski definition) is 4. The largest absolute Gasteiger partial charge is 0.390 e. The third-order valence-corrected chi connectivity index (χ3v) is 2.74. The van der Waals surface area contributed by atoms with Crippen LogP contribution in [0.5, 0.6) is 0 Å². The number of alkyl halides is 1. The van der Waals surface area contributed by atoms with Crippen LogP contribution in [0.15, 0.2) is 18.2 Å². The lowest BCUT2D eigenvalue weighted by Gasteiger charge is -2.16. The third-order valence-electron chi connectivity index (χ3n) is 2.28. The second kappa shape index (κ2) is 6.04. The summed E-state index contributed by atoms with van der Waals surface area (Å²) in [6.45, 7) is 0. The number of rotatable bonds is 5. The number of nitro groups is 1. The average molecular weight is 308 g/mol. The average Bonchev–Trinajstić information content (AvgIpc) is 2.28. The van der Waals surface area contributed by atoms with Gasteiger partial charge < -0.3 is 10.2 Å². The van der Waals surface area contributed by atoms with E-state index in [1.54, 1.807) is 0 Å². The van der Waals surface area contributed by atoms with E-state index in [0.717, 1.165) is 12.1 Å². The van der Waals surface area contributed by atoms with Crippen LogP contribution in [0.4, 0.5) is 10.1 Å². The number of aliphatic hydroxyl groups excluding tert-OH is 2. The van der Waals surface area contributed by atoms with Crippen molar-refractivity contribution in [3.8, 4) is 0 Å². The molecule has 7 heteroatoms. The zero-order valence-corrected chi connectivity index (χ0v) is 10.3. The highest BCUT2D eigenvalue weighted by Gasteiger charge is 2.22. The molecule has 0 fully saturated rings. The molecule has 0 spiro atoms. The number of benzene rings is 1. The molecule has 0 bridgehead atoms. The number of halogens is 2. The summed E-state index contributed by atoms with van der Waals surface area (Å²) in [6, 6.07) is 3.04. The molecule has 0 aliphatic rings. The van der Waals surface area contributed by atoms with E-state index in [9.17, 15) is 24.7 Å². The van der Waals surface area contributed by atoms with Gasteiger partial charge in [0, 0.05) is 11.4 Å². The van der Waals surface area contributed by atoms with Crippen LogP contribution in [0.2, 0.25) is 0 Å². The van der Waals surface area contributed by atoms with Crippen LogP contribution in [0.1, 0.15) is 18.1 Å². The summed E-state index contributed by atoms with van der Waals surface area (Å²) in [4.78, 5) is 9.63. The quantitative estimate of drug-likeness (QED) is 0.494. The van der Waals surface area contributed by atoms with Crippen molar-refractivity contribution in [1.29, 1.82) is 0 Å². The van der Waals surface area contributed by atoms with E-state index in [1.165, 1.54) is 6.07 Å². The molecule has 1 aromatic carbocycles. The van der Waals surface area contributed by atoms with Gasteiger partial charge in [-0.15, -0.1) is 0 Å².